The highest BCUT2D eigenvalue weighted by Gasteiger charge is 2.12. The van der Waals surface area contributed by atoms with E-state index in [0.717, 1.165) is 13.0 Å². The zero-order valence-corrected chi connectivity index (χ0v) is 12.4. The molecule has 0 amide bonds. The SMILES string of the molecule is C=CC(CC(=NCc1ccccc1)SC)C(C)C. The number of hydrogen-bond acceptors (Lipinski definition) is 2. The van der Waals surface area contributed by atoms with Crippen LogP contribution >= 0.6 is 11.8 Å². The molecule has 18 heavy (non-hydrogen) atoms. The Kier molecular flexibility index (Phi) is 6.81. The van der Waals surface area contributed by atoms with Crippen LogP contribution in [0, 0.1) is 11.8 Å². The summed E-state index contributed by atoms with van der Waals surface area (Å²) < 4.78 is 0. The summed E-state index contributed by atoms with van der Waals surface area (Å²) in [5, 5.41) is 1.22. The molecule has 1 rings (SSSR count). The largest absolute Gasteiger partial charge is 0.278 e. The van der Waals surface area contributed by atoms with Crippen molar-refractivity contribution in [3.05, 3.63) is 48.6 Å². The molecule has 98 valence electrons. The first-order valence-electron chi connectivity index (χ1n) is 6.41. The smallest absolute Gasteiger partial charge is 0.0683 e. The van der Waals surface area contributed by atoms with Crippen molar-refractivity contribution < 1.29 is 0 Å². The van der Waals surface area contributed by atoms with Gasteiger partial charge >= 0.3 is 0 Å². The molecule has 1 atom stereocenters. The van der Waals surface area contributed by atoms with Crippen LogP contribution in [0.1, 0.15) is 25.8 Å². The normalized spacial score (nSPS) is 13.7. The van der Waals surface area contributed by atoms with E-state index >= 15 is 0 Å². The lowest BCUT2D eigenvalue weighted by molar-refractivity contribution is 0.482. The highest BCUT2D eigenvalue weighted by Crippen LogP contribution is 2.20. The summed E-state index contributed by atoms with van der Waals surface area (Å²) in [6.45, 7) is 9.18. The molecule has 0 saturated heterocycles. The highest BCUT2D eigenvalue weighted by molar-refractivity contribution is 8.13. The predicted molar refractivity (Wildman–Crippen MR) is 84.2 cm³/mol. The summed E-state index contributed by atoms with van der Waals surface area (Å²) in [4.78, 5) is 4.71. The molecule has 1 unspecified atom stereocenters. The number of nitrogens with zero attached hydrogens (tertiary/aromatic N) is 1. The molecule has 0 heterocycles. The Labute approximate surface area is 115 Å². The number of thioether (sulfide) groups is 1. The fourth-order valence-corrected chi connectivity index (χ4v) is 2.32. The van der Waals surface area contributed by atoms with Gasteiger partial charge in [0, 0.05) is 6.42 Å². The molecule has 1 nitrogen and oxygen atoms in total. The van der Waals surface area contributed by atoms with Gasteiger partial charge in [0.2, 0.25) is 0 Å². The van der Waals surface area contributed by atoms with Crippen LogP contribution in [0.5, 0.6) is 0 Å². The summed E-state index contributed by atoms with van der Waals surface area (Å²) in [5.41, 5.74) is 1.27. The van der Waals surface area contributed by atoms with E-state index in [1.54, 1.807) is 11.8 Å². The predicted octanol–water partition coefficient (Wildman–Crippen LogP) is 4.80. The van der Waals surface area contributed by atoms with Gasteiger partial charge in [-0.25, -0.2) is 0 Å². The van der Waals surface area contributed by atoms with Crippen LogP contribution in [-0.4, -0.2) is 11.3 Å². The summed E-state index contributed by atoms with van der Waals surface area (Å²) in [6, 6.07) is 10.4. The van der Waals surface area contributed by atoms with E-state index in [4.69, 9.17) is 4.99 Å². The number of benzene rings is 1. The van der Waals surface area contributed by atoms with Gasteiger partial charge in [-0.2, -0.15) is 0 Å². The van der Waals surface area contributed by atoms with Crippen LogP contribution in [0.3, 0.4) is 0 Å². The Morgan fingerprint density at radius 1 is 1.33 bits per heavy atom. The molecule has 1 aromatic carbocycles. The molecule has 0 spiro atoms. The number of hydrogen-bond donors (Lipinski definition) is 0. The third-order valence-corrected chi connectivity index (χ3v) is 3.85. The topological polar surface area (TPSA) is 12.4 Å². The fraction of sp³-hybridized carbons (Fsp3) is 0.438. The fourth-order valence-electron chi connectivity index (χ4n) is 1.77. The van der Waals surface area contributed by atoms with E-state index in [1.807, 2.05) is 6.07 Å². The van der Waals surface area contributed by atoms with Gasteiger partial charge in [-0.15, -0.1) is 18.3 Å². The average Bonchev–Trinajstić information content (AvgIpc) is 2.40. The lowest BCUT2D eigenvalue weighted by Gasteiger charge is -2.16. The molecule has 0 saturated carbocycles. The third-order valence-electron chi connectivity index (χ3n) is 3.09. The van der Waals surface area contributed by atoms with Gasteiger partial charge in [-0.3, -0.25) is 4.99 Å². The van der Waals surface area contributed by atoms with Crippen molar-refractivity contribution in [3.8, 4) is 0 Å². The van der Waals surface area contributed by atoms with Crippen LogP contribution in [0.2, 0.25) is 0 Å². The van der Waals surface area contributed by atoms with E-state index in [-0.39, 0.29) is 0 Å². The molecular formula is C16H23NS. The molecule has 0 aromatic heterocycles. The monoisotopic (exact) mass is 261 g/mol. The van der Waals surface area contributed by atoms with E-state index in [9.17, 15) is 0 Å². The number of aliphatic imine (C=N–C) groups is 1. The lowest BCUT2D eigenvalue weighted by Crippen LogP contribution is -2.10. The van der Waals surface area contributed by atoms with Crippen molar-refractivity contribution in [2.45, 2.75) is 26.8 Å². The van der Waals surface area contributed by atoms with E-state index in [1.165, 1.54) is 10.6 Å². The second-order valence-corrected chi connectivity index (χ2v) is 5.63. The number of allylic oxidation sites excluding steroid dienone is 1. The van der Waals surface area contributed by atoms with E-state index in [0.29, 0.717) is 11.8 Å². The van der Waals surface area contributed by atoms with Gasteiger partial charge in [0.05, 0.1) is 11.6 Å². The molecule has 0 radical (unpaired) electrons. The Morgan fingerprint density at radius 3 is 2.50 bits per heavy atom. The molecule has 2 heteroatoms. The van der Waals surface area contributed by atoms with Gasteiger partial charge in [-0.1, -0.05) is 50.3 Å². The Bertz CT molecular complexity index is 381. The highest BCUT2D eigenvalue weighted by atomic mass is 32.2. The molecule has 0 aliphatic rings. The van der Waals surface area contributed by atoms with Crippen molar-refractivity contribution in [3.63, 3.8) is 0 Å². The van der Waals surface area contributed by atoms with Crippen LogP contribution in [0.15, 0.2) is 48.0 Å². The Hall–Kier alpha value is -1.02. The van der Waals surface area contributed by atoms with Gasteiger partial charge < -0.3 is 0 Å². The van der Waals surface area contributed by atoms with Gasteiger partial charge in [0.1, 0.15) is 0 Å². The van der Waals surface area contributed by atoms with Gasteiger partial charge in [0.15, 0.2) is 0 Å². The Balaban J connectivity index is 2.63. The zero-order valence-electron chi connectivity index (χ0n) is 11.6. The van der Waals surface area contributed by atoms with Crippen molar-refractivity contribution in [1.29, 1.82) is 0 Å². The minimum atomic E-state index is 0.520. The zero-order chi connectivity index (χ0) is 13.4. The standard InChI is InChI=1S/C16H23NS/c1-5-15(13(2)3)11-16(18-4)17-12-14-9-7-6-8-10-14/h5-10,13,15H,1,11-12H2,2-4H3. The summed E-state index contributed by atoms with van der Waals surface area (Å²) in [5.74, 6) is 1.14. The van der Waals surface area contributed by atoms with Crippen LogP contribution in [0.4, 0.5) is 0 Å². The van der Waals surface area contributed by atoms with Crippen LogP contribution < -0.4 is 0 Å². The van der Waals surface area contributed by atoms with Gasteiger partial charge in [0.25, 0.3) is 0 Å². The average molecular weight is 261 g/mol. The first kappa shape index (κ1) is 15.0. The molecule has 0 aliphatic heterocycles. The molecular weight excluding hydrogens is 238 g/mol. The number of rotatable bonds is 6. The van der Waals surface area contributed by atoms with E-state index < -0.39 is 0 Å². The third kappa shape index (κ3) is 5.09. The maximum atomic E-state index is 4.71. The van der Waals surface area contributed by atoms with E-state index in [2.05, 4.69) is 57.0 Å². The summed E-state index contributed by atoms with van der Waals surface area (Å²) in [7, 11) is 0. The first-order valence-corrected chi connectivity index (χ1v) is 7.63. The second kappa shape index (κ2) is 8.15. The van der Waals surface area contributed by atoms with Crippen molar-refractivity contribution >= 4 is 16.8 Å². The van der Waals surface area contributed by atoms with Crippen molar-refractivity contribution in [2.24, 2.45) is 16.8 Å². The minimum absolute atomic E-state index is 0.520. The van der Waals surface area contributed by atoms with Crippen LogP contribution in [-0.2, 0) is 6.54 Å². The molecule has 0 N–H and O–H groups in total. The van der Waals surface area contributed by atoms with Crippen molar-refractivity contribution in [2.75, 3.05) is 6.26 Å². The summed E-state index contributed by atoms with van der Waals surface area (Å²) >= 11 is 1.75. The quantitative estimate of drug-likeness (QED) is 0.407. The minimum Gasteiger partial charge on any atom is -0.278 e. The van der Waals surface area contributed by atoms with Crippen LogP contribution in [0.25, 0.3) is 0 Å². The maximum Gasteiger partial charge on any atom is 0.0683 e. The molecule has 0 bridgehead atoms. The molecule has 0 aliphatic carbocycles. The van der Waals surface area contributed by atoms with Crippen molar-refractivity contribution in [1.82, 2.24) is 0 Å². The first-order chi connectivity index (χ1) is 8.67. The molecule has 0 fully saturated rings. The maximum absolute atomic E-state index is 4.71. The Morgan fingerprint density at radius 2 is 2.00 bits per heavy atom. The van der Waals surface area contributed by atoms with Gasteiger partial charge in [-0.05, 0) is 23.7 Å². The molecule has 1 aromatic rings. The second-order valence-electron chi connectivity index (χ2n) is 4.75. The lowest BCUT2D eigenvalue weighted by atomic mass is 9.93. The summed E-state index contributed by atoms with van der Waals surface area (Å²) in [6.07, 6.45) is 5.17.